The van der Waals surface area contributed by atoms with E-state index in [2.05, 4.69) is 16.0 Å². The Kier molecular flexibility index (Phi) is 9.90. The van der Waals surface area contributed by atoms with Crippen LogP contribution in [0.5, 0.6) is 0 Å². The topological polar surface area (TPSA) is 73.4 Å². The molecule has 2 saturated carbocycles. The Bertz CT molecular complexity index is 643. The van der Waals surface area contributed by atoms with Crippen LogP contribution in [0.15, 0.2) is 18.2 Å². The number of aliphatic hydroxyl groups excluding tert-OH is 1. The molecule has 2 fully saturated rings. The van der Waals surface area contributed by atoms with Crippen LogP contribution in [0.4, 0.5) is 0 Å². The third-order valence-electron chi connectivity index (χ3n) is 6.36. The quantitative estimate of drug-likeness (QED) is 0.432. The minimum atomic E-state index is -0.0569. The van der Waals surface area contributed by atoms with Gasteiger partial charge in [-0.25, -0.2) is 0 Å². The van der Waals surface area contributed by atoms with E-state index in [1.807, 2.05) is 18.2 Å². The van der Waals surface area contributed by atoms with Crippen molar-refractivity contribution in [1.29, 1.82) is 0 Å². The monoisotopic (exact) mass is 423 g/mol. The molecule has 2 bridgehead atoms. The van der Waals surface area contributed by atoms with Gasteiger partial charge in [0.15, 0.2) is 0 Å². The van der Waals surface area contributed by atoms with Crippen molar-refractivity contribution in [3.63, 3.8) is 0 Å². The zero-order valence-electron chi connectivity index (χ0n) is 16.7. The van der Waals surface area contributed by atoms with E-state index < -0.39 is 0 Å². The zero-order chi connectivity index (χ0) is 19.8. The highest BCUT2D eigenvalue weighted by molar-refractivity contribution is 6.33. The predicted octanol–water partition coefficient (Wildman–Crippen LogP) is 3.74. The van der Waals surface area contributed by atoms with E-state index in [9.17, 15) is 4.79 Å². The lowest BCUT2D eigenvalue weighted by Gasteiger charge is -2.45. The zero-order valence-corrected chi connectivity index (χ0v) is 17.5. The Balaban J connectivity index is 0.00000300. The molecule has 1 amide bonds. The van der Waals surface area contributed by atoms with Crippen LogP contribution >= 0.6 is 11.6 Å². The highest BCUT2D eigenvalue weighted by Crippen LogP contribution is 2.48. The molecule has 0 aliphatic heterocycles. The number of fused-ring (bicyclic) bond motifs is 2. The molecule has 2 aliphatic carbocycles. The standard InChI is InChI=1S/C22H34ClN3O2.CH4/c23-20-6-5-18(15-25-10-9-24-11-12-27)13-19(20)21(28)26-16-22-7-1-3-17(14-22)4-2-8-22;/h5-6,13,17,24-25,27H,1-4,7-12,14-16H2,(H,26,28);1H4. The van der Waals surface area contributed by atoms with Crippen LogP contribution in [0.1, 0.15) is 68.3 Å². The Hall–Kier alpha value is -1.14. The van der Waals surface area contributed by atoms with Gasteiger partial charge in [0.1, 0.15) is 0 Å². The smallest absolute Gasteiger partial charge is 0.252 e. The Morgan fingerprint density at radius 2 is 1.86 bits per heavy atom. The molecule has 164 valence electrons. The van der Waals surface area contributed by atoms with Crippen LogP contribution in [-0.4, -0.2) is 43.8 Å². The van der Waals surface area contributed by atoms with Gasteiger partial charge in [-0.2, -0.15) is 0 Å². The summed E-state index contributed by atoms with van der Waals surface area (Å²) in [6.45, 7) is 3.81. The summed E-state index contributed by atoms with van der Waals surface area (Å²) in [5, 5.41) is 18.9. The van der Waals surface area contributed by atoms with E-state index >= 15 is 0 Å². The number of carbonyl (C=O) groups excluding carboxylic acids is 1. The predicted molar refractivity (Wildman–Crippen MR) is 120 cm³/mol. The average Bonchev–Trinajstić information content (AvgIpc) is 2.70. The van der Waals surface area contributed by atoms with Gasteiger partial charge in [0.2, 0.25) is 0 Å². The molecule has 0 aromatic heterocycles. The van der Waals surface area contributed by atoms with Gasteiger partial charge in [-0.15, -0.1) is 0 Å². The SMILES string of the molecule is C.O=C(NCC12CCCC(CCC1)C2)c1cc(CNCCNCCO)ccc1Cl. The fraction of sp³-hybridized carbons (Fsp3) is 0.696. The number of nitrogens with one attached hydrogen (secondary N) is 3. The molecule has 1 aromatic rings. The number of rotatable bonds is 10. The first kappa shape index (κ1) is 24.1. The number of hydrogen-bond donors (Lipinski definition) is 4. The Morgan fingerprint density at radius 3 is 2.59 bits per heavy atom. The third kappa shape index (κ3) is 6.95. The largest absolute Gasteiger partial charge is 0.395 e. The van der Waals surface area contributed by atoms with E-state index in [4.69, 9.17) is 16.7 Å². The van der Waals surface area contributed by atoms with Gasteiger partial charge in [0, 0.05) is 32.7 Å². The Morgan fingerprint density at radius 1 is 1.14 bits per heavy atom. The molecule has 2 aliphatic rings. The van der Waals surface area contributed by atoms with Crippen molar-refractivity contribution in [2.45, 2.75) is 58.9 Å². The lowest BCUT2D eigenvalue weighted by atomic mass is 9.62. The van der Waals surface area contributed by atoms with Gasteiger partial charge in [-0.05, 0) is 48.3 Å². The van der Waals surface area contributed by atoms with Gasteiger partial charge in [0.25, 0.3) is 5.91 Å². The molecule has 0 spiro atoms. The summed E-state index contributed by atoms with van der Waals surface area (Å²) in [4.78, 5) is 12.8. The third-order valence-corrected chi connectivity index (χ3v) is 6.69. The molecule has 0 radical (unpaired) electrons. The number of carbonyl (C=O) groups is 1. The molecule has 4 N–H and O–H groups in total. The second kappa shape index (κ2) is 11.9. The summed E-state index contributed by atoms with van der Waals surface area (Å²) in [6.07, 6.45) is 9.09. The number of benzene rings is 1. The summed E-state index contributed by atoms with van der Waals surface area (Å²) in [6, 6.07) is 5.67. The molecule has 5 nitrogen and oxygen atoms in total. The van der Waals surface area contributed by atoms with Crippen LogP contribution < -0.4 is 16.0 Å². The van der Waals surface area contributed by atoms with Gasteiger partial charge in [0.05, 0.1) is 17.2 Å². The van der Waals surface area contributed by atoms with Crippen molar-refractivity contribution >= 4 is 17.5 Å². The molecule has 0 unspecified atom stereocenters. The fourth-order valence-corrected chi connectivity index (χ4v) is 5.11. The summed E-state index contributed by atoms with van der Waals surface area (Å²) >= 11 is 6.32. The van der Waals surface area contributed by atoms with E-state index in [1.54, 1.807) is 0 Å². The number of aliphatic hydroxyl groups is 1. The average molecular weight is 424 g/mol. The lowest BCUT2D eigenvalue weighted by Crippen LogP contribution is -2.43. The normalized spacial score (nSPS) is 23.3. The van der Waals surface area contributed by atoms with E-state index in [0.717, 1.165) is 31.1 Å². The Labute approximate surface area is 181 Å². The van der Waals surface area contributed by atoms with Gasteiger partial charge < -0.3 is 21.1 Å². The van der Waals surface area contributed by atoms with E-state index in [0.29, 0.717) is 29.1 Å². The van der Waals surface area contributed by atoms with Crippen molar-refractivity contribution in [2.75, 3.05) is 32.8 Å². The second-order valence-electron chi connectivity index (χ2n) is 8.50. The summed E-state index contributed by atoms with van der Waals surface area (Å²) in [7, 11) is 0. The van der Waals surface area contributed by atoms with Crippen LogP contribution in [-0.2, 0) is 6.54 Å². The van der Waals surface area contributed by atoms with Crippen molar-refractivity contribution in [3.05, 3.63) is 34.3 Å². The van der Waals surface area contributed by atoms with Gasteiger partial charge >= 0.3 is 0 Å². The first-order chi connectivity index (χ1) is 13.6. The fourth-order valence-electron chi connectivity index (χ4n) is 4.90. The van der Waals surface area contributed by atoms with Crippen LogP contribution in [0, 0.1) is 11.3 Å². The molecule has 0 heterocycles. The minimum Gasteiger partial charge on any atom is -0.395 e. The number of hydrogen-bond acceptors (Lipinski definition) is 4. The van der Waals surface area contributed by atoms with E-state index in [-0.39, 0.29) is 19.9 Å². The first-order valence-electron chi connectivity index (χ1n) is 10.7. The van der Waals surface area contributed by atoms with Gasteiger partial charge in [-0.3, -0.25) is 4.79 Å². The first-order valence-corrected chi connectivity index (χ1v) is 11.1. The van der Waals surface area contributed by atoms with Crippen molar-refractivity contribution in [2.24, 2.45) is 11.3 Å². The summed E-state index contributed by atoms with van der Waals surface area (Å²) in [5.41, 5.74) is 1.92. The minimum absolute atomic E-state index is 0. The molecule has 6 heteroatoms. The summed E-state index contributed by atoms with van der Waals surface area (Å²) in [5.74, 6) is 0.808. The molecule has 1 aromatic carbocycles. The van der Waals surface area contributed by atoms with E-state index in [1.165, 1.54) is 44.9 Å². The summed E-state index contributed by atoms with van der Waals surface area (Å²) < 4.78 is 0. The highest BCUT2D eigenvalue weighted by atomic mass is 35.5. The lowest BCUT2D eigenvalue weighted by molar-refractivity contribution is 0.0681. The maximum absolute atomic E-state index is 12.8. The van der Waals surface area contributed by atoms with Crippen molar-refractivity contribution < 1.29 is 9.90 Å². The van der Waals surface area contributed by atoms with Crippen LogP contribution in [0.25, 0.3) is 0 Å². The molecule has 0 atom stereocenters. The van der Waals surface area contributed by atoms with Crippen molar-refractivity contribution in [3.8, 4) is 0 Å². The van der Waals surface area contributed by atoms with Crippen molar-refractivity contribution in [1.82, 2.24) is 16.0 Å². The van der Waals surface area contributed by atoms with Gasteiger partial charge in [-0.1, -0.05) is 50.8 Å². The van der Waals surface area contributed by atoms with Crippen LogP contribution in [0.2, 0.25) is 5.02 Å². The number of halogens is 1. The highest BCUT2D eigenvalue weighted by Gasteiger charge is 2.39. The maximum Gasteiger partial charge on any atom is 0.252 e. The molecule has 0 saturated heterocycles. The molecular weight excluding hydrogens is 386 g/mol. The molecule has 3 rings (SSSR count). The number of amides is 1. The molecule has 29 heavy (non-hydrogen) atoms. The second-order valence-corrected chi connectivity index (χ2v) is 8.91. The van der Waals surface area contributed by atoms with Crippen LogP contribution in [0.3, 0.4) is 0 Å². The maximum atomic E-state index is 12.8. The molecular formula is C23H38ClN3O2.